The molecular weight excluding hydrogens is 366 g/mol. The first-order chi connectivity index (χ1) is 9.56. The SMILES string of the molecule is Fc1ccc(C(Br)c2cc(Cl)cc3c2OCC3)c(Cl)c1. The Morgan fingerprint density at radius 1 is 1.15 bits per heavy atom. The van der Waals surface area contributed by atoms with E-state index < -0.39 is 0 Å². The van der Waals surface area contributed by atoms with E-state index in [4.69, 9.17) is 27.9 Å². The minimum absolute atomic E-state index is 0.193. The Morgan fingerprint density at radius 2 is 1.95 bits per heavy atom. The second-order valence-electron chi connectivity index (χ2n) is 4.61. The van der Waals surface area contributed by atoms with Crippen LogP contribution < -0.4 is 4.74 Å². The Kier molecular flexibility index (Phi) is 3.93. The minimum atomic E-state index is -0.356. The third-order valence-electron chi connectivity index (χ3n) is 3.29. The molecule has 1 aliphatic heterocycles. The second kappa shape index (κ2) is 5.55. The third kappa shape index (κ3) is 2.54. The van der Waals surface area contributed by atoms with Gasteiger partial charge in [0.15, 0.2) is 0 Å². The molecule has 0 saturated carbocycles. The molecule has 1 heterocycles. The van der Waals surface area contributed by atoms with E-state index in [2.05, 4.69) is 15.9 Å². The molecular formula is C15H10BrCl2FO. The largest absolute Gasteiger partial charge is 0.493 e. The summed E-state index contributed by atoms with van der Waals surface area (Å²) in [6.45, 7) is 0.652. The first kappa shape index (κ1) is 14.2. The fraction of sp³-hybridized carbons (Fsp3) is 0.200. The van der Waals surface area contributed by atoms with Crippen molar-refractivity contribution in [2.75, 3.05) is 6.61 Å². The first-order valence-corrected chi connectivity index (χ1v) is 7.77. The Labute approximate surface area is 134 Å². The highest BCUT2D eigenvalue weighted by atomic mass is 79.9. The predicted octanol–water partition coefficient (Wildman–Crippen LogP) is 5.55. The molecule has 1 aliphatic rings. The molecule has 20 heavy (non-hydrogen) atoms. The van der Waals surface area contributed by atoms with Gasteiger partial charge in [0.2, 0.25) is 0 Å². The van der Waals surface area contributed by atoms with Gasteiger partial charge >= 0.3 is 0 Å². The molecule has 0 aliphatic carbocycles. The van der Waals surface area contributed by atoms with Gasteiger partial charge in [-0.1, -0.05) is 45.2 Å². The summed E-state index contributed by atoms with van der Waals surface area (Å²) in [6.07, 6.45) is 0.847. The van der Waals surface area contributed by atoms with Crippen LogP contribution in [0.25, 0.3) is 0 Å². The Morgan fingerprint density at radius 3 is 2.70 bits per heavy atom. The van der Waals surface area contributed by atoms with Crippen LogP contribution in [0.3, 0.4) is 0 Å². The number of benzene rings is 2. The summed E-state index contributed by atoms with van der Waals surface area (Å²) in [4.78, 5) is -0.193. The second-order valence-corrected chi connectivity index (χ2v) is 6.37. The molecule has 0 N–H and O–H groups in total. The van der Waals surface area contributed by atoms with E-state index in [-0.39, 0.29) is 10.6 Å². The van der Waals surface area contributed by atoms with Crippen molar-refractivity contribution in [2.24, 2.45) is 0 Å². The van der Waals surface area contributed by atoms with E-state index in [0.29, 0.717) is 16.7 Å². The average molecular weight is 376 g/mol. The molecule has 0 aromatic heterocycles. The summed E-state index contributed by atoms with van der Waals surface area (Å²) >= 11 is 15.9. The molecule has 0 spiro atoms. The van der Waals surface area contributed by atoms with E-state index in [9.17, 15) is 4.39 Å². The molecule has 5 heteroatoms. The molecule has 2 aromatic carbocycles. The Bertz CT molecular complexity index is 675. The summed E-state index contributed by atoms with van der Waals surface area (Å²) < 4.78 is 18.8. The van der Waals surface area contributed by atoms with E-state index in [1.165, 1.54) is 12.1 Å². The van der Waals surface area contributed by atoms with Crippen molar-refractivity contribution in [1.82, 2.24) is 0 Å². The number of fused-ring (bicyclic) bond motifs is 1. The van der Waals surface area contributed by atoms with Crippen molar-refractivity contribution >= 4 is 39.1 Å². The van der Waals surface area contributed by atoms with E-state index in [0.717, 1.165) is 28.9 Å². The lowest BCUT2D eigenvalue weighted by Crippen LogP contribution is -1.98. The van der Waals surface area contributed by atoms with Crippen molar-refractivity contribution < 1.29 is 9.13 Å². The number of hydrogen-bond acceptors (Lipinski definition) is 1. The molecule has 0 amide bonds. The zero-order valence-electron chi connectivity index (χ0n) is 10.3. The number of rotatable bonds is 2. The topological polar surface area (TPSA) is 9.23 Å². The van der Waals surface area contributed by atoms with Crippen molar-refractivity contribution in [1.29, 1.82) is 0 Å². The molecule has 2 aromatic rings. The lowest BCUT2D eigenvalue weighted by atomic mass is 10.0. The number of hydrogen-bond donors (Lipinski definition) is 0. The summed E-state index contributed by atoms with van der Waals surface area (Å²) in [5, 5.41) is 1.03. The fourth-order valence-corrected chi connectivity index (χ4v) is 3.76. The van der Waals surface area contributed by atoms with Crippen LogP contribution in [0.5, 0.6) is 5.75 Å². The van der Waals surface area contributed by atoms with Crippen molar-refractivity contribution in [3.05, 3.63) is 62.9 Å². The lowest BCUT2D eigenvalue weighted by molar-refractivity contribution is 0.354. The number of ether oxygens (including phenoxy) is 1. The summed E-state index contributed by atoms with van der Waals surface area (Å²) in [5.41, 5.74) is 2.79. The van der Waals surface area contributed by atoms with Gasteiger partial charge in [0.05, 0.1) is 11.4 Å². The van der Waals surface area contributed by atoms with E-state index in [1.54, 1.807) is 6.07 Å². The molecule has 0 fully saturated rings. The van der Waals surface area contributed by atoms with Crippen LogP contribution in [-0.2, 0) is 6.42 Å². The quantitative estimate of drug-likeness (QED) is 0.625. The molecule has 104 valence electrons. The Hall–Kier alpha value is -0.770. The summed E-state index contributed by atoms with van der Waals surface area (Å²) in [6, 6.07) is 8.13. The number of alkyl halides is 1. The summed E-state index contributed by atoms with van der Waals surface area (Å²) in [7, 11) is 0. The third-order valence-corrected chi connectivity index (χ3v) is 4.82. The normalized spacial score (nSPS) is 14.8. The van der Waals surface area contributed by atoms with Crippen molar-refractivity contribution in [3.63, 3.8) is 0 Å². The minimum Gasteiger partial charge on any atom is -0.493 e. The molecule has 3 rings (SSSR count). The lowest BCUT2D eigenvalue weighted by Gasteiger charge is -2.16. The van der Waals surface area contributed by atoms with Crippen LogP contribution in [0, 0.1) is 5.82 Å². The maximum atomic E-state index is 13.2. The monoisotopic (exact) mass is 374 g/mol. The predicted molar refractivity (Wildman–Crippen MR) is 82.8 cm³/mol. The smallest absolute Gasteiger partial charge is 0.127 e. The van der Waals surface area contributed by atoms with Gasteiger partial charge in [0.1, 0.15) is 11.6 Å². The highest BCUT2D eigenvalue weighted by Crippen LogP contribution is 2.44. The zero-order chi connectivity index (χ0) is 14.3. The van der Waals surface area contributed by atoms with Gasteiger partial charge in [0.25, 0.3) is 0 Å². The van der Waals surface area contributed by atoms with Gasteiger partial charge in [-0.25, -0.2) is 4.39 Å². The summed E-state index contributed by atoms with van der Waals surface area (Å²) in [5.74, 6) is 0.489. The van der Waals surface area contributed by atoms with Gasteiger partial charge in [-0.15, -0.1) is 0 Å². The fourth-order valence-electron chi connectivity index (χ4n) is 2.36. The maximum Gasteiger partial charge on any atom is 0.127 e. The van der Waals surface area contributed by atoms with Crippen LogP contribution in [0.15, 0.2) is 30.3 Å². The van der Waals surface area contributed by atoms with Gasteiger partial charge in [-0.05, 0) is 35.4 Å². The van der Waals surface area contributed by atoms with Gasteiger partial charge in [-0.2, -0.15) is 0 Å². The highest BCUT2D eigenvalue weighted by Gasteiger charge is 2.24. The van der Waals surface area contributed by atoms with Crippen LogP contribution in [0.1, 0.15) is 21.5 Å². The van der Waals surface area contributed by atoms with Gasteiger partial charge < -0.3 is 4.74 Å². The van der Waals surface area contributed by atoms with Crippen LogP contribution in [0.4, 0.5) is 4.39 Å². The standard InChI is InChI=1S/C15H10BrCl2FO/c16-14(11-2-1-10(19)7-13(11)18)12-6-9(17)5-8-3-4-20-15(8)12/h1-2,5-7,14H,3-4H2. The van der Waals surface area contributed by atoms with Crippen LogP contribution in [0.2, 0.25) is 10.0 Å². The zero-order valence-corrected chi connectivity index (χ0v) is 13.4. The van der Waals surface area contributed by atoms with Crippen molar-refractivity contribution in [2.45, 2.75) is 11.2 Å². The average Bonchev–Trinajstić information content (AvgIpc) is 2.85. The highest BCUT2D eigenvalue weighted by molar-refractivity contribution is 9.09. The van der Waals surface area contributed by atoms with Gasteiger partial charge in [-0.3, -0.25) is 0 Å². The Balaban J connectivity index is 2.09. The molecule has 1 atom stereocenters. The maximum absolute atomic E-state index is 13.2. The van der Waals surface area contributed by atoms with Crippen LogP contribution in [-0.4, -0.2) is 6.61 Å². The van der Waals surface area contributed by atoms with E-state index in [1.807, 2.05) is 12.1 Å². The molecule has 1 nitrogen and oxygen atoms in total. The number of halogens is 4. The van der Waals surface area contributed by atoms with Gasteiger partial charge in [0, 0.05) is 22.0 Å². The van der Waals surface area contributed by atoms with Crippen molar-refractivity contribution in [3.8, 4) is 5.75 Å². The van der Waals surface area contributed by atoms with E-state index >= 15 is 0 Å². The molecule has 0 bridgehead atoms. The molecule has 0 radical (unpaired) electrons. The molecule has 1 unspecified atom stereocenters. The molecule has 0 saturated heterocycles. The first-order valence-electron chi connectivity index (χ1n) is 6.10. The van der Waals surface area contributed by atoms with Crippen LogP contribution >= 0.6 is 39.1 Å².